The Labute approximate surface area is 103 Å². The lowest BCUT2D eigenvalue weighted by Gasteiger charge is -2.16. The molecule has 0 bridgehead atoms. The molecule has 0 aliphatic carbocycles. The molecule has 1 saturated heterocycles. The lowest BCUT2D eigenvalue weighted by molar-refractivity contribution is 0.189. The Balaban J connectivity index is 2.48. The van der Waals surface area contributed by atoms with Crippen LogP contribution in [0.3, 0.4) is 0 Å². The first-order chi connectivity index (χ1) is 8.32. The van der Waals surface area contributed by atoms with Gasteiger partial charge in [-0.2, -0.15) is 4.31 Å². The molecule has 1 aromatic carbocycles. The average molecular weight is 278 g/mol. The summed E-state index contributed by atoms with van der Waals surface area (Å²) in [6.07, 6.45) is -0.514. The molecule has 100 valence electrons. The highest BCUT2D eigenvalue weighted by molar-refractivity contribution is 7.89. The summed E-state index contributed by atoms with van der Waals surface area (Å²) in [5, 5.41) is 9.29. The van der Waals surface area contributed by atoms with Crippen LogP contribution in [-0.4, -0.2) is 37.0 Å². The van der Waals surface area contributed by atoms with Crippen molar-refractivity contribution < 1.29 is 22.3 Å². The van der Waals surface area contributed by atoms with Crippen molar-refractivity contribution in [1.82, 2.24) is 4.31 Å². The summed E-state index contributed by atoms with van der Waals surface area (Å²) in [6.45, 7) is -0.0580. The summed E-state index contributed by atoms with van der Waals surface area (Å²) in [5.74, 6) is -2.76. The van der Waals surface area contributed by atoms with E-state index in [-0.39, 0.29) is 25.2 Å². The minimum atomic E-state index is -4.17. The van der Waals surface area contributed by atoms with Gasteiger partial charge in [-0.3, -0.25) is 0 Å². The second-order valence-corrected chi connectivity index (χ2v) is 6.03. The van der Waals surface area contributed by atoms with Gasteiger partial charge in [-0.05, 0) is 18.6 Å². The maximum atomic E-state index is 13.5. The molecule has 8 heteroatoms. The van der Waals surface area contributed by atoms with Gasteiger partial charge in [0.25, 0.3) is 0 Å². The third-order valence-electron chi connectivity index (χ3n) is 2.76. The molecule has 18 heavy (non-hydrogen) atoms. The second-order valence-electron chi connectivity index (χ2n) is 4.12. The van der Waals surface area contributed by atoms with Gasteiger partial charge in [-0.1, -0.05) is 0 Å². The van der Waals surface area contributed by atoms with Gasteiger partial charge in [0.05, 0.1) is 6.10 Å². The molecule has 2 rings (SSSR count). The van der Waals surface area contributed by atoms with Gasteiger partial charge in [0.1, 0.15) is 4.90 Å². The van der Waals surface area contributed by atoms with Crippen LogP contribution in [0.4, 0.5) is 14.5 Å². The minimum absolute atomic E-state index is 0.0688. The fraction of sp³-hybridized carbons (Fsp3) is 0.400. The van der Waals surface area contributed by atoms with Crippen molar-refractivity contribution in [2.45, 2.75) is 17.4 Å². The van der Waals surface area contributed by atoms with Gasteiger partial charge < -0.3 is 10.8 Å². The van der Waals surface area contributed by atoms with Crippen molar-refractivity contribution in [3.05, 3.63) is 23.8 Å². The van der Waals surface area contributed by atoms with Crippen LogP contribution in [0.15, 0.2) is 17.0 Å². The number of nitrogens with zero attached hydrogens (tertiary/aromatic N) is 1. The number of halogens is 2. The van der Waals surface area contributed by atoms with E-state index in [1.165, 1.54) is 0 Å². The van der Waals surface area contributed by atoms with Crippen LogP contribution in [0.2, 0.25) is 0 Å². The summed E-state index contributed by atoms with van der Waals surface area (Å²) >= 11 is 0. The Morgan fingerprint density at radius 1 is 1.39 bits per heavy atom. The number of aliphatic hydroxyl groups is 1. The van der Waals surface area contributed by atoms with Crippen LogP contribution in [0.1, 0.15) is 6.42 Å². The van der Waals surface area contributed by atoms with E-state index in [0.29, 0.717) is 6.07 Å². The summed E-state index contributed by atoms with van der Waals surface area (Å²) in [6, 6.07) is 1.59. The Morgan fingerprint density at radius 2 is 2.06 bits per heavy atom. The van der Waals surface area contributed by atoms with Gasteiger partial charge in [0.2, 0.25) is 10.0 Å². The molecular formula is C10H12F2N2O3S. The SMILES string of the molecule is Nc1cc(F)c(F)c(S(=O)(=O)N2CC[C@@H](O)C2)c1. The van der Waals surface area contributed by atoms with Crippen molar-refractivity contribution >= 4 is 15.7 Å². The van der Waals surface area contributed by atoms with Crippen molar-refractivity contribution in [3.63, 3.8) is 0 Å². The Kier molecular flexibility index (Phi) is 3.26. The summed E-state index contributed by atoms with van der Waals surface area (Å²) in [5.41, 5.74) is 5.14. The summed E-state index contributed by atoms with van der Waals surface area (Å²) in [7, 11) is -4.17. The lowest BCUT2D eigenvalue weighted by atomic mass is 10.3. The molecule has 1 fully saturated rings. The molecule has 1 heterocycles. The fourth-order valence-corrected chi connectivity index (χ4v) is 3.44. The maximum Gasteiger partial charge on any atom is 0.246 e. The number of hydrogen-bond acceptors (Lipinski definition) is 4. The zero-order valence-electron chi connectivity index (χ0n) is 9.31. The number of aliphatic hydroxyl groups excluding tert-OH is 1. The van der Waals surface area contributed by atoms with Crippen LogP contribution in [-0.2, 0) is 10.0 Å². The number of sulfonamides is 1. The first-order valence-electron chi connectivity index (χ1n) is 5.25. The third-order valence-corrected chi connectivity index (χ3v) is 4.63. The minimum Gasteiger partial charge on any atom is -0.399 e. The molecule has 1 aliphatic heterocycles. The highest BCUT2D eigenvalue weighted by atomic mass is 32.2. The summed E-state index contributed by atoms with van der Waals surface area (Å²) < 4.78 is 51.7. The van der Waals surface area contributed by atoms with Crippen molar-refractivity contribution in [2.75, 3.05) is 18.8 Å². The number of nitrogens with two attached hydrogens (primary N) is 1. The van der Waals surface area contributed by atoms with E-state index in [1.807, 2.05) is 0 Å². The van der Waals surface area contributed by atoms with Gasteiger partial charge >= 0.3 is 0 Å². The topological polar surface area (TPSA) is 83.6 Å². The largest absolute Gasteiger partial charge is 0.399 e. The molecule has 1 atom stereocenters. The molecule has 0 amide bonds. The van der Waals surface area contributed by atoms with Crippen LogP contribution in [0.25, 0.3) is 0 Å². The lowest BCUT2D eigenvalue weighted by Crippen LogP contribution is -2.30. The molecule has 0 spiro atoms. The third kappa shape index (κ3) is 2.18. The highest BCUT2D eigenvalue weighted by Crippen LogP contribution is 2.26. The molecular weight excluding hydrogens is 266 g/mol. The van der Waals surface area contributed by atoms with E-state index in [9.17, 15) is 22.3 Å². The number of rotatable bonds is 2. The quantitative estimate of drug-likeness (QED) is 0.762. The summed E-state index contributed by atoms with van der Waals surface area (Å²) in [4.78, 5) is -0.797. The molecule has 1 aliphatic rings. The fourth-order valence-electron chi connectivity index (χ4n) is 1.84. The number of benzene rings is 1. The zero-order chi connectivity index (χ0) is 13.5. The van der Waals surface area contributed by atoms with Gasteiger partial charge in [0, 0.05) is 18.8 Å². The van der Waals surface area contributed by atoms with Crippen molar-refractivity contribution in [3.8, 4) is 0 Å². The van der Waals surface area contributed by atoms with Crippen molar-refractivity contribution in [1.29, 1.82) is 0 Å². The predicted molar refractivity (Wildman–Crippen MR) is 60.2 cm³/mol. The van der Waals surface area contributed by atoms with Crippen LogP contribution in [0, 0.1) is 11.6 Å². The Morgan fingerprint density at radius 3 is 2.61 bits per heavy atom. The molecule has 0 unspecified atom stereocenters. The maximum absolute atomic E-state index is 13.5. The number of β-amino-alcohol motifs (C(OH)–C–C–N with tert-alkyl or cyclic N) is 1. The van der Waals surface area contributed by atoms with Crippen LogP contribution >= 0.6 is 0 Å². The molecule has 5 nitrogen and oxygen atoms in total. The smallest absolute Gasteiger partial charge is 0.246 e. The molecule has 0 aromatic heterocycles. The number of hydrogen-bond donors (Lipinski definition) is 2. The molecule has 0 saturated carbocycles. The van der Waals surface area contributed by atoms with Gasteiger partial charge in [-0.25, -0.2) is 17.2 Å². The van der Waals surface area contributed by atoms with E-state index >= 15 is 0 Å². The Bertz CT molecular complexity index is 577. The first kappa shape index (κ1) is 13.2. The first-order valence-corrected chi connectivity index (χ1v) is 6.69. The van der Waals surface area contributed by atoms with Crippen LogP contribution < -0.4 is 5.73 Å². The Hall–Kier alpha value is -1.25. The molecule has 1 aromatic rings. The van der Waals surface area contributed by atoms with Crippen molar-refractivity contribution in [2.24, 2.45) is 0 Å². The normalized spacial score (nSPS) is 21.4. The van der Waals surface area contributed by atoms with E-state index < -0.39 is 32.7 Å². The van der Waals surface area contributed by atoms with E-state index in [1.54, 1.807) is 0 Å². The van der Waals surface area contributed by atoms with E-state index in [0.717, 1.165) is 10.4 Å². The molecule has 3 N–H and O–H groups in total. The molecule has 0 radical (unpaired) electrons. The zero-order valence-corrected chi connectivity index (χ0v) is 10.1. The van der Waals surface area contributed by atoms with E-state index in [4.69, 9.17) is 5.73 Å². The number of anilines is 1. The predicted octanol–water partition coefficient (Wildman–Crippen LogP) is 0.302. The highest BCUT2D eigenvalue weighted by Gasteiger charge is 2.34. The van der Waals surface area contributed by atoms with Gasteiger partial charge in [0.15, 0.2) is 11.6 Å². The average Bonchev–Trinajstić information content (AvgIpc) is 2.70. The number of nitrogen functional groups attached to an aromatic ring is 1. The van der Waals surface area contributed by atoms with Crippen LogP contribution in [0.5, 0.6) is 0 Å². The van der Waals surface area contributed by atoms with E-state index in [2.05, 4.69) is 0 Å². The monoisotopic (exact) mass is 278 g/mol. The second kappa shape index (κ2) is 4.45. The van der Waals surface area contributed by atoms with Gasteiger partial charge in [-0.15, -0.1) is 0 Å². The standard InChI is InChI=1S/C10H12F2N2O3S/c11-8-3-6(13)4-9(10(8)12)18(16,17)14-2-1-7(15)5-14/h3-4,7,15H,1-2,5,13H2/t7-/m1/s1.